The summed E-state index contributed by atoms with van der Waals surface area (Å²) in [5.41, 5.74) is 1.81. The Hall–Kier alpha value is -3.48. The van der Waals surface area contributed by atoms with E-state index in [-0.39, 0.29) is 24.6 Å². The van der Waals surface area contributed by atoms with Gasteiger partial charge in [0.05, 0.1) is 12.1 Å². The second-order valence-electron chi connectivity index (χ2n) is 6.30. The van der Waals surface area contributed by atoms with Crippen LogP contribution in [0.15, 0.2) is 55.1 Å². The number of carbonyl (C=O) groups is 3. The third-order valence-corrected chi connectivity index (χ3v) is 4.39. The molecule has 1 atom stereocenters. The minimum Gasteiger partial charge on any atom is -0.452 e. The summed E-state index contributed by atoms with van der Waals surface area (Å²) in [5.74, 6) is -2.10. The minimum absolute atomic E-state index is 0.00660. The van der Waals surface area contributed by atoms with Crippen LogP contribution < -0.4 is 5.32 Å². The van der Waals surface area contributed by atoms with Gasteiger partial charge in [0.1, 0.15) is 5.82 Å². The molecular formula is C21H19FN2O4. The van der Waals surface area contributed by atoms with E-state index < -0.39 is 23.8 Å². The number of hydrogen-bond donors (Lipinski definition) is 1. The highest BCUT2D eigenvalue weighted by Crippen LogP contribution is 2.31. The number of amides is 2. The second kappa shape index (κ2) is 8.04. The summed E-state index contributed by atoms with van der Waals surface area (Å²) < 4.78 is 18.7. The van der Waals surface area contributed by atoms with E-state index in [1.54, 1.807) is 24.3 Å². The van der Waals surface area contributed by atoms with Crippen LogP contribution in [0.2, 0.25) is 0 Å². The lowest BCUT2D eigenvalue weighted by Crippen LogP contribution is -2.32. The quantitative estimate of drug-likeness (QED) is 0.779. The molecule has 6 nitrogen and oxygen atoms in total. The number of nitrogens with zero attached hydrogens (tertiary/aromatic N) is 1. The first kappa shape index (κ1) is 19.3. The number of benzene rings is 2. The lowest BCUT2D eigenvalue weighted by molar-refractivity contribution is -0.153. The summed E-state index contributed by atoms with van der Waals surface area (Å²) in [4.78, 5) is 38.0. The van der Waals surface area contributed by atoms with E-state index in [9.17, 15) is 18.8 Å². The summed E-state index contributed by atoms with van der Waals surface area (Å²) in [7, 11) is 0. The Balaban J connectivity index is 1.52. The molecule has 0 fully saturated rings. The molecule has 1 heterocycles. The molecule has 0 aliphatic carbocycles. The van der Waals surface area contributed by atoms with Crippen molar-refractivity contribution >= 4 is 29.2 Å². The predicted octanol–water partition coefficient (Wildman–Crippen LogP) is 3.21. The molecule has 2 aromatic carbocycles. The standard InChI is InChI=1S/C21H19FN2O4/c1-13-15-7-3-4-8-16(15)21(27)24(13)12-11-19(25)28-14(2)20(26)23-18-10-6-5-9-17(18)22/h3-10,14H,1,11-12H2,2H3,(H,23,26). The number of halogens is 1. The van der Waals surface area contributed by atoms with Gasteiger partial charge in [0.25, 0.3) is 11.8 Å². The number of nitrogens with one attached hydrogen (secondary N) is 1. The third kappa shape index (κ3) is 3.93. The van der Waals surface area contributed by atoms with Crippen LogP contribution in [0.25, 0.3) is 5.70 Å². The fourth-order valence-corrected chi connectivity index (χ4v) is 2.88. The number of esters is 1. The van der Waals surface area contributed by atoms with Gasteiger partial charge in [-0.3, -0.25) is 14.4 Å². The van der Waals surface area contributed by atoms with E-state index in [0.717, 1.165) is 5.56 Å². The highest BCUT2D eigenvalue weighted by Gasteiger charge is 2.31. The summed E-state index contributed by atoms with van der Waals surface area (Å²) in [5, 5.41) is 2.37. The van der Waals surface area contributed by atoms with Gasteiger partial charge in [-0.15, -0.1) is 0 Å². The van der Waals surface area contributed by atoms with Crippen molar-refractivity contribution in [2.24, 2.45) is 0 Å². The number of hydrogen-bond acceptors (Lipinski definition) is 4. The average molecular weight is 382 g/mol. The van der Waals surface area contributed by atoms with Crippen molar-refractivity contribution in [1.29, 1.82) is 0 Å². The first-order valence-electron chi connectivity index (χ1n) is 8.73. The van der Waals surface area contributed by atoms with Crippen LogP contribution in [-0.2, 0) is 14.3 Å². The normalized spacial score (nSPS) is 13.9. The number of ether oxygens (including phenoxy) is 1. The number of fused-ring (bicyclic) bond motifs is 1. The number of carbonyl (C=O) groups excluding carboxylic acids is 3. The fourth-order valence-electron chi connectivity index (χ4n) is 2.88. The Morgan fingerprint density at radius 3 is 2.46 bits per heavy atom. The molecule has 1 N–H and O–H groups in total. The largest absolute Gasteiger partial charge is 0.452 e. The molecule has 0 bridgehead atoms. The second-order valence-corrected chi connectivity index (χ2v) is 6.30. The van der Waals surface area contributed by atoms with E-state index in [2.05, 4.69) is 11.9 Å². The first-order valence-corrected chi connectivity index (χ1v) is 8.73. The van der Waals surface area contributed by atoms with Crippen molar-refractivity contribution in [2.75, 3.05) is 11.9 Å². The Morgan fingerprint density at radius 1 is 1.14 bits per heavy atom. The van der Waals surface area contributed by atoms with Crippen LogP contribution in [0.4, 0.5) is 10.1 Å². The Morgan fingerprint density at radius 2 is 1.79 bits per heavy atom. The van der Waals surface area contributed by atoms with Gasteiger partial charge in [0.15, 0.2) is 6.10 Å². The molecule has 0 saturated carbocycles. The van der Waals surface area contributed by atoms with E-state index in [0.29, 0.717) is 11.3 Å². The fraction of sp³-hybridized carbons (Fsp3) is 0.190. The zero-order valence-corrected chi connectivity index (χ0v) is 15.3. The number of anilines is 1. The van der Waals surface area contributed by atoms with Crippen molar-refractivity contribution < 1.29 is 23.5 Å². The molecular weight excluding hydrogens is 363 g/mol. The van der Waals surface area contributed by atoms with Gasteiger partial charge in [0.2, 0.25) is 0 Å². The molecule has 144 valence electrons. The van der Waals surface area contributed by atoms with Crippen molar-refractivity contribution in [3.63, 3.8) is 0 Å². The van der Waals surface area contributed by atoms with Gasteiger partial charge in [-0.05, 0) is 25.1 Å². The van der Waals surface area contributed by atoms with Crippen LogP contribution in [-0.4, -0.2) is 35.3 Å². The molecule has 1 aliphatic heterocycles. The minimum atomic E-state index is -1.11. The molecule has 1 aliphatic rings. The summed E-state index contributed by atoms with van der Waals surface area (Å²) >= 11 is 0. The molecule has 28 heavy (non-hydrogen) atoms. The smallest absolute Gasteiger partial charge is 0.308 e. The Labute approximate surface area is 161 Å². The SMILES string of the molecule is C=C1c2ccccc2C(=O)N1CCC(=O)OC(C)C(=O)Nc1ccccc1F. The first-order chi connectivity index (χ1) is 13.4. The van der Waals surface area contributed by atoms with Crippen molar-refractivity contribution in [2.45, 2.75) is 19.4 Å². The van der Waals surface area contributed by atoms with E-state index in [1.807, 2.05) is 6.07 Å². The summed E-state index contributed by atoms with van der Waals surface area (Å²) in [6, 6.07) is 12.8. The molecule has 0 radical (unpaired) electrons. The molecule has 2 amide bonds. The molecule has 0 spiro atoms. The van der Waals surface area contributed by atoms with Gasteiger partial charge in [-0.2, -0.15) is 0 Å². The molecule has 7 heteroatoms. The molecule has 0 saturated heterocycles. The third-order valence-electron chi connectivity index (χ3n) is 4.39. The molecule has 3 rings (SSSR count). The lowest BCUT2D eigenvalue weighted by atomic mass is 10.1. The molecule has 1 unspecified atom stereocenters. The van der Waals surface area contributed by atoms with Crippen LogP contribution in [0.1, 0.15) is 29.3 Å². The van der Waals surface area contributed by atoms with Gasteiger partial charge >= 0.3 is 5.97 Å². The number of para-hydroxylation sites is 1. The van der Waals surface area contributed by atoms with Crippen LogP contribution in [0, 0.1) is 5.82 Å². The summed E-state index contributed by atoms with van der Waals surface area (Å²) in [6.07, 6.45) is -1.21. The average Bonchev–Trinajstić information content (AvgIpc) is 2.92. The van der Waals surface area contributed by atoms with Crippen molar-refractivity contribution in [3.05, 3.63) is 72.1 Å². The maximum Gasteiger partial charge on any atom is 0.308 e. The van der Waals surface area contributed by atoms with Crippen LogP contribution in [0.3, 0.4) is 0 Å². The zero-order chi connectivity index (χ0) is 20.3. The number of rotatable bonds is 6. The van der Waals surface area contributed by atoms with Gasteiger partial charge in [-0.1, -0.05) is 36.9 Å². The van der Waals surface area contributed by atoms with E-state index in [1.165, 1.54) is 30.0 Å². The van der Waals surface area contributed by atoms with Gasteiger partial charge < -0.3 is 15.0 Å². The van der Waals surface area contributed by atoms with Crippen molar-refractivity contribution in [3.8, 4) is 0 Å². The maximum absolute atomic E-state index is 13.6. The Bertz CT molecular complexity index is 922. The maximum atomic E-state index is 13.6. The monoisotopic (exact) mass is 382 g/mol. The zero-order valence-electron chi connectivity index (χ0n) is 15.3. The van der Waals surface area contributed by atoms with Crippen LogP contribution >= 0.6 is 0 Å². The van der Waals surface area contributed by atoms with Crippen LogP contribution in [0.5, 0.6) is 0 Å². The van der Waals surface area contributed by atoms with E-state index >= 15 is 0 Å². The topological polar surface area (TPSA) is 75.7 Å². The predicted molar refractivity (Wildman–Crippen MR) is 102 cm³/mol. The molecule has 0 aromatic heterocycles. The highest BCUT2D eigenvalue weighted by molar-refractivity contribution is 6.08. The summed E-state index contributed by atoms with van der Waals surface area (Å²) in [6.45, 7) is 5.39. The van der Waals surface area contributed by atoms with Crippen molar-refractivity contribution in [1.82, 2.24) is 4.90 Å². The highest BCUT2D eigenvalue weighted by atomic mass is 19.1. The lowest BCUT2D eigenvalue weighted by Gasteiger charge is -2.18. The Kier molecular flexibility index (Phi) is 5.54. The molecule has 2 aromatic rings. The van der Waals surface area contributed by atoms with E-state index in [4.69, 9.17) is 4.74 Å². The van der Waals surface area contributed by atoms with Gasteiger partial charge in [-0.25, -0.2) is 4.39 Å². The van der Waals surface area contributed by atoms with Gasteiger partial charge in [0, 0.05) is 23.4 Å².